The van der Waals surface area contributed by atoms with E-state index in [4.69, 9.17) is 10.5 Å². The van der Waals surface area contributed by atoms with Crippen LogP contribution in [0.3, 0.4) is 0 Å². The number of hydrogen-bond acceptors (Lipinski definition) is 5. The highest BCUT2D eigenvalue weighted by Crippen LogP contribution is 2.24. The lowest BCUT2D eigenvalue weighted by Gasteiger charge is -2.07. The van der Waals surface area contributed by atoms with Crippen molar-refractivity contribution in [1.82, 2.24) is 9.97 Å². The van der Waals surface area contributed by atoms with Crippen LogP contribution in [0, 0.1) is 5.82 Å². The van der Waals surface area contributed by atoms with E-state index in [0.717, 1.165) is 0 Å². The lowest BCUT2D eigenvalue weighted by atomic mass is 10.1. The van der Waals surface area contributed by atoms with Crippen LogP contribution in [-0.2, 0) is 0 Å². The molecule has 1 aromatic heterocycles. The van der Waals surface area contributed by atoms with Gasteiger partial charge in [0.05, 0.1) is 12.8 Å². The topological polar surface area (TPSA) is 73.1 Å². The molecule has 0 saturated heterocycles. The first kappa shape index (κ1) is 13.2. The van der Waals surface area contributed by atoms with Gasteiger partial charge in [-0.15, -0.1) is 0 Å². The van der Waals surface area contributed by atoms with Gasteiger partial charge in [-0.2, -0.15) is 0 Å². The third-order valence-corrected chi connectivity index (χ3v) is 2.53. The Morgan fingerprint density at radius 1 is 1.37 bits per heavy atom. The van der Waals surface area contributed by atoms with Crippen LogP contribution >= 0.6 is 0 Å². The predicted octanol–water partition coefficient (Wildman–Crippen LogP) is 1.66. The molecule has 6 heteroatoms. The third-order valence-electron chi connectivity index (χ3n) is 2.53. The highest BCUT2D eigenvalue weighted by Gasteiger charge is 2.07. The molecule has 0 atom stereocenters. The van der Waals surface area contributed by atoms with E-state index >= 15 is 0 Å². The zero-order chi connectivity index (χ0) is 13.7. The number of anilines is 1. The second-order valence-corrected chi connectivity index (χ2v) is 3.83. The normalized spacial score (nSPS) is 10.3. The summed E-state index contributed by atoms with van der Waals surface area (Å²) in [6.45, 7) is 1.07. The van der Waals surface area contributed by atoms with E-state index in [-0.39, 0.29) is 5.75 Å². The molecule has 0 fully saturated rings. The van der Waals surface area contributed by atoms with Crippen LogP contribution in [-0.4, -0.2) is 30.2 Å². The molecule has 0 aliphatic carbocycles. The number of nitrogens with one attached hydrogen (secondary N) is 1. The Hall–Kier alpha value is -2.21. The molecule has 1 aromatic carbocycles. The fraction of sp³-hybridized carbons (Fsp3) is 0.231. The van der Waals surface area contributed by atoms with E-state index in [1.54, 1.807) is 24.4 Å². The number of aromatic nitrogens is 2. The Kier molecular flexibility index (Phi) is 4.25. The minimum atomic E-state index is -0.421. The molecule has 2 rings (SSSR count). The molecule has 0 bridgehead atoms. The molecule has 19 heavy (non-hydrogen) atoms. The summed E-state index contributed by atoms with van der Waals surface area (Å²) >= 11 is 0. The molecule has 0 aliphatic rings. The molecule has 2 aromatic rings. The summed E-state index contributed by atoms with van der Waals surface area (Å²) in [7, 11) is 1.43. The summed E-state index contributed by atoms with van der Waals surface area (Å²) < 4.78 is 18.5. The van der Waals surface area contributed by atoms with Crippen molar-refractivity contribution in [3.63, 3.8) is 0 Å². The Labute approximate surface area is 110 Å². The summed E-state index contributed by atoms with van der Waals surface area (Å²) in [5.74, 6) is 0.258. The summed E-state index contributed by atoms with van der Waals surface area (Å²) in [6, 6.07) is 6.42. The van der Waals surface area contributed by atoms with Crippen molar-refractivity contribution in [3.05, 3.63) is 36.3 Å². The van der Waals surface area contributed by atoms with Gasteiger partial charge < -0.3 is 15.8 Å². The molecule has 5 nitrogen and oxygen atoms in total. The number of nitrogens with two attached hydrogens (primary N) is 1. The maximum atomic E-state index is 13.6. The van der Waals surface area contributed by atoms with Gasteiger partial charge in [-0.1, -0.05) is 0 Å². The zero-order valence-electron chi connectivity index (χ0n) is 10.6. The van der Waals surface area contributed by atoms with E-state index < -0.39 is 5.82 Å². The van der Waals surface area contributed by atoms with Crippen molar-refractivity contribution in [2.45, 2.75) is 0 Å². The van der Waals surface area contributed by atoms with Crippen molar-refractivity contribution in [1.29, 1.82) is 0 Å². The number of nitrogens with zero attached hydrogens (tertiary/aromatic N) is 2. The fourth-order valence-electron chi connectivity index (χ4n) is 1.61. The van der Waals surface area contributed by atoms with Gasteiger partial charge in [-0.3, -0.25) is 0 Å². The van der Waals surface area contributed by atoms with Crippen molar-refractivity contribution >= 4 is 5.95 Å². The van der Waals surface area contributed by atoms with Crippen LogP contribution in [0.15, 0.2) is 30.5 Å². The highest BCUT2D eigenvalue weighted by molar-refractivity contribution is 5.61. The SMILES string of the molecule is COc1ccc(-c2ccnc(NCCN)n2)cc1F. The van der Waals surface area contributed by atoms with Gasteiger partial charge >= 0.3 is 0 Å². The molecular weight excluding hydrogens is 247 g/mol. The molecule has 0 unspecified atom stereocenters. The van der Waals surface area contributed by atoms with Crippen molar-refractivity contribution in [2.75, 3.05) is 25.5 Å². The van der Waals surface area contributed by atoms with Crippen molar-refractivity contribution < 1.29 is 9.13 Å². The van der Waals surface area contributed by atoms with E-state index in [2.05, 4.69) is 15.3 Å². The van der Waals surface area contributed by atoms with Gasteiger partial charge in [0.25, 0.3) is 0 Å². The van der Waals surface area contributed by atoms with Crippen LogP contribution in [0.2, 0.25) is 0 Å². The summed E-state index contributed by atoms with van der Waals surface area (Å²) in [5, 5.41) is 2.98. The van der Waals surface area contributed by atoms with E-state index in [9.17, 15) is 4.39 Å². The van der Waals surface area contributed by atoms with Crippen LogP contribution in [0.1, 0.15) is 0 Å². The number of halogens is 1. The monoisotopic (exact) mass is 262 g/mol. The second-order valence-electron chi connectivity index (χ2n) is 3.83. The summed E-state index contributed by atoms with van der Waals surface area (Å²) in [4.78, 5) is 8.35. The first-order valence-electron chi connectivity index (χ1n) is 5.85. The Balaban J connectivity index is 2.28. The van der Waals surface area contributed by atoms with Crippen LogP contribution in [0.25, 0.3) is 11.3 Å². The highest BCUT2D eigenvalue weighted by atomic mass is 19.1. The van der Waals surface area contributed by atoms with Gasteiger partial charge in [0, 0.05) is 24.8 Å². The fourth-order valence-corrected chi connectivity index (χ4v) is 1.61. The Morgan fingerprint density at radius 3 is 2.89 bits per heavy atom. The second kappa shape index (κ2) is 6.10. The largest absolute Gasteiger partial charge is 0.494 e. The van der Waals surface area contributed by atoms with Crippen molar-refractivity contribution in [2.24, 2.45) is 5.73 Å². The minimum Gasteiger partial charge on any atom is -0.494 e. The summed E-state index contributed by atoms with van der Waals surface area (Å²) in [6.07, 6.45) is 1.61. The van der Waals surface area contributed by atoms with Gasteiger partial charge in [0.15, 0.2) is 11.6 Å². The quantitative estimate of drug-likeness (QED) is 0.857. The average molecular weight is 262 g/mol. The molecule has 0 amide bonds. The number of rotatable bonds is 5. The van der Waals surface area contributed by atoms with E-state index in [0.29, 0.717) is 30.3 Å². The lowest BCUT2D eigenvalue weighted by molar-refractivity contribution is 0.386. The molecular formula is C13H15FN4O. The number of benzene rings is 1. The summed E-state index contributed by atoms with van der Waals surface area (Å²) in [5.41, 5.74) is 6.69. The molecule has 3 N–H and O–H groups in total. The van der Waals surface area contributed by atoms with Gasteiger partial charge in [0.1, 0.15) is 0 Å². The number of ether oxygens (including phenoxy) is 1. The van der Waals surface area contributed by atoms with Crippen LogP contribution in [0.4, 0.5) is 10.3 Å². The standard InChI is InChI=1S/C13H15FN4O/c1-19-12-3-2-9(8-10(12)14)11-4-6-16-13(18-11)17-7-5-15/h2-4,6,8H,5,7,15H2,1H3,(H,16,17,18). The molecule has 0 saturated carbocycles. The molecule has 0 spiro atoms. The van der Waals surface area contributed by atoms with Gasteiger partial charge in [-0.25, -0.2) is 14.4 Å². The minimum absolute atomic E-state index is 0.208. The Morgan fingerprint density at radius 2 is 2.21 bits per heavy atom. The Bertz CT molecular complexity index is 562. The smallest absolute Gasteiger partial charge is 0.223 e. The predicted molar refractivity (Wildman–Crippen MR) is 71.5 cm³/mol. The van der Waals surface area contributed by atoms with Crippen LogP contribution in [0.5, 0.6) is 5.75 Å². The first-order chi connectivity index (χ1) is 9.24. The average Bonchev–Trinajstić information content (AvgIpc) is 2.45. The van der Waals surface area contributed by atoms with E-state index in [1.165, 1.54) is 13.2 Å². The number of hydrogen-bond donors (Lipinski definition) is 2. The third kappa shape index (κ3) is 3.17. The molecule has 100 valence electrons. The van der Waals surface area contributed by atoms with Crippen LogP contribution < -0.4 is 15.8 Å². The lowest BCUT2D eigenvalue weighted by Crippen LogP contribution is -2.14. The maximum absolute atomic E-state index is 13.6. The van der Waals surface area contributed by atoms with Crippen molar-refractivity contribution in [3.8, 4) is 17.0 Å². The number of methoxy groups -OCH3 is 1. The van der Waals surface area contributed by atoms with Gasteiger partial charge in [0.2, 0.25) is 5.95 Å². The first-order valence-corrected chi connectivity index (χ1v) is 5.85. The van der Waals surface area contributed by atoms with Gasteiger partial charge in [-0.05, 0) is 24.3 Å². The molecule has 1 heterocycles. The zero-order valence-corrected chi connectivity index (χ0v) is 10.6. The molecule has 0 radical (unpaired) electrons. The maximum Gasteiger partial charge on any atom is 0.223 e. The molecule has 0 aliphatic heterocycles. The van der Waals surface area contributed by atoms with E-state index in [1.807, 2.05) is 0 Å².